The van der Waals surface area contributed by atoms with E-state index in [4.69, 9.17) is 9.47 Å². The largest absolute Gasteiger partial charge is 0.468 e. The summed E-state index contributed by atoms with van der Waals surface area (Å²) < 4.78 is 10.2. The first-order valence-electron chi connectivity index (χ1n) is 6.19. The lowest BCUT2D eigenvalue weighted by molar-refractivity contribution is -0.109. The summed E-state index contributed by atoms with van der Waals surface area (Å²) in [5, 5.41) is 2.72. The van der Waals surface area contributed by atoms with E-state index in [2.05, 4.69) is 10.3 Å². The molecule has 0 fully saturated rings. The number of nitrogens with zero attached hydrogens (tertiary/aromatic N) is 1. The van der Waals surface area contributed by atoms with Gasteiger partial charge in [-0.15, -0.1) is 0 Å². The second-order valence-corrected chi connectivity index (χ2v) is 3.94. The molecule has 0 bridgehead atoms. The number of amides is 1. The van der Waals surface area contributed by atoms with Gasteiger partial charge >= 0.3 is 0 Å². The van der Waals surface area contributed by atoms with Crippen molar-refractivity contribution in [3.05, 3.63) is 29.8 Å². The molecule has 1 N–H and O–H groups in total. The van der Waals surface area contributed by atoms with E-state index in [-0.39, 0.29) is 12.8 Å². The Morgan fingerprint density at radius 1 is 1.42 bits per heavy atom. The smallest absolute Gasteiger partial charge is 0.207 e. The average Bonchev–Trinajstić information content (AvgIpc) is 2.43. The van der Waals surface area contributed by atoms with Crippen LogP contribution in [0.15, 0.2) is 29.3 Å². The summed E-state index contributed by atoms with van der Waals surface area (Å²) in [6, 6.07) is 7.42. The van der Waals surface area contributed by atoms with E-state index >= 15 is 0 Å². The van der Waals surface area contributed by atoms with Crippen LogP contribution in [0.2, 0.25) is 0 Å². The quantitative estimate of drug-likeness (QED) is 0.441. The van der Waals surface area contributed by atoms with Crippen molar-refractivity contribution in [2.75, 3.05) is 20.4 Å². The molecule has 1 rings (SSSR count). The molecule has 0 saturated carbocycles. The fourth-order valence-corrected chi connectivity index (χ4v) is 1.68. The Hall–Kier alpha value is -1.88. The Bertz CT molecular complexity index is 415. The fourth-order valence-electron chi connectivity index (χ4n) is 1.68. The first-order chi connectivity index (χ1) is 9.22. The van der Waals surface area contributed by atoms with Crippen molar-refractivity contribution in [2.24, 2.45) is 4.99 Å². The molecule has 0 spiro atoms. The minimum absolute atomic E-state index is 0.122. The van der Waals surface area contributed by atoms with Crippen molar-refractivity contribution in [3.63, 3.8) is 0 Å². The zero-order valence-electron chi connectivity index (χ0n) is 11.6. The molecule has 0 heterocycles. The minimum Gasteiger partial charge on any atom is -0.468 e. The summed E-state index contributed by atoms with van der Waals surface area (Å²) in [5.74, 6) is 0.734. The summed E-state index contributed by atoms with van der Waals surface area (Å²) in [7, 11) is 1.58. The van der Waals surface area contributed by atoms with Crippen molar-refractivity contribution < 1.29 is 14.3 Å². The molecule has 1 unspecified atom stereocenters. The highest BCUT2D eigenvalue weighted by atomic mass is 16.7. The van der Waals surface area contributed by atoms with Crippen LogP contribution >= 0.6 is 0 Å². The highest BCUT2D eigenvalue weighted by Crippen LogP contribution is 2.14. The summed E-state index contributed by atoms with van der Waals surface area (Å²) in [5.41, 5.74) is 1.82. The number of carbonyl (C=O) groups is 1. The third-order valence-electron chi connectivity index (χ3n) is 2.55. The Kier molecular flexibility index (Phi) is 6.60. The number of aliphatic imine (C=N–C) groups is 1. The predicted octanol–water partition coefficient (Wildman–Crippen LogP) is 1.61. The Morgan fingerprint density at radius 3 is 2.63 bits per heavy atom. The summed E-state index contributed by atoms with van der Waals surface area (Å²) in [6.45, 7) is 4.75. The maximum absolute atomic E-state index is 10.5. The second-order valence-electron chi connectivity index (χ2n) is 3.94. The molecule has 0 saturated heterocycles. The van der Waals surface area contributed by atoms with E-state index in [0.717, 1.165) is 17.0 Å². The van der Waals surface area contributed by atoms with Crippen molar-refractivity contribution in [3.8, 4) is 5.75 Å². The number of ether oxygens (including phenoxy) is 2. The van der Waals surface area contributed by atoms with E-state index < -0.39 is 0 Å². The van der Waals surface area contributed by atoms with E-state index in [1.54, 1.807) is 7.11 Å². The van der Waals surface area contributed by atoms with Crippen LogP contribution in [0, 0.1) is 0 Å². The van der Waals surface area contributed by atoms with Gasteiger partial charge in [0.1, 0.15) is 5.75 Å². The molecule has 5 heteroatoms. The molecule has 1 aromatic rings. The lowest BCUT2D eigenvalue weighted by atomic mass is 10.0. The van der Waals surface area contributed by atoms with Gasteiger partial charge in [-0.05, 0) is 43.7 Å². The number of hydrogen-bond donors (Lipinski definition) is 1. The molecule has 1 atom stereocenters. The van der Waals surface area contributed by atoms with E-state index in [1.807, 2.05) is 38.1 Å². The highest BCUT2D eigenvalue weighted by Gasteiger charge is 2.11. The molecule has 1 aromatic carbocycles. The van der Waals surface area contributed by atoms with E-state index in [1.165, 1.54) is 0 Å². The van der Waals surface area contributed by atoms with Crippen LogP contribution in [0.1, 0.15) is 19.4 Å². The Balaban J connectivity index is 2.85. The van der Waals surface area contributed by atoms with Gasteiger partial charge in [0.2, 0.25) is 6.41 Å². The first kappa shape index (κ1) is 15.2. The number of rotatable bonds is 8. The zero-order chi connectivity index (χ0) is 14.1. The fraction of sp³-hybridized carbons (Fsp3) is 0.429. The maximum atomic E-state index is 10.5. The summed E-state index contributed by atoms with van der Waals surface area (Å²) in [6.07, 6.45) is 0.686. The average molecular weight is 264 g/mol. The van der Waals surface area contributed by atoms with Gasteiger partial charge in [-0.1, -0.05) is 0 Å². The standard InChI is InChI=1S/C14H20N2O3/c1-4-15-14(11(2)16-9-17)12-5-7-13(8-6-12)19-10-18-3/h5-9,11H,4,10H2,1-3H3,(H,16,17)/b15-14+. The van der Waals surface area contributed by atoms with Gasteiger partial charge < -0.3 is 14.8 Å². The molecule has 0 aliphatic carbocycles. The predicted molar refractivity (Wildman–Crippen MR) is 74.7 cm³/mol. The highest BCUT2D eigenvalue weighted by molar-refractivity contribution is 6.05. The Morgan fingerprint density at radius 2 is 2.11 bits per heavy atom. The van der Waals surface area contributed by atoms with Crippen LogP contribution in [0.4, 0.5) is 0 Å². The lowest BCUT2D eigenvalue weighted by Crippen LogP contribution is -2.33. The van der Waals surface area contributed by atoms with Crippen LogP contribution in [0.3, 0.4) is 0 Å². The van der Waals surface area contributed by atoms with E-state index in [9.17, 15) is 4.79 Å². The zero-order valence-corrected chi connectivity index (χ0v) is 11.6. The monoisotopic (exact) mass is 264 g/mol. The van der Waals surface area contributed by atoms with E-state index in [0.29, 0.717) is 13.0 Å². The van der Waals surface area contributed by atoms with Crippen molar-refractivity contribution in [2.45, 2.75) is 19.9 Å². The van der Waals surface area contributed by atoms with Crippen molar-refractivity contribution in [1.82, 2.24) is 5.32 Å². The third kappa shape index (κ3) is 4.71. The van der Waals surface area contributed by atoms with Crippen LogP contribution in [0.25, 0.3) is 0 Å². The minimum atomic E-state index is -0.122. The van der Waals surface area contributed by atoms with Gasteiger partial charge in [-0.2, -0.15) is 0 Å². The van der Waals surface area contributed by atoms with Crippen molar-refractivity contribution >= 4 is 12.1 Å². The van der Waals surface area contributed by atoms with Gasteiger partial charge in [-0.25, -0.2) is 0 Å². The molecule has 1 amide bonds. The number of hydrogen-bond acceptors (Lipinski definition) is 4. The molecule has 0 radical (unpaired) electrons. The van der Waals surface area contributed by atoms with Crippen molar-refractivity contribution in [1.29, 1.82) is 0 Å². The molecular weight excluding hydrogens is 244 g/mol. The lowest BCUT2D eigenvalue weighted by Gasteiger charge is -2.14. The van der Waals surface area contributed by atoms with Gasteiger partial charge in [0, 0.05) is 13.7 Å². The SMILES string of the molecule is CC/N=C(/c1ccc(OCOC)cc1)C(C)NC=O. The topological polar surface area (TPSA) is 59.9 Å². The maximum Gasteiger partial charge on any atom is 0.207 e. The second kappa shape index (κ2) is 8.26. The molecule has 104 valence electrons. The van der Waals surface area contributed by atoms with Gasteiger partial charge in [0.05, 0.1) is 11.8 Å². The number of carbonyl (C=O) groups excluding carboxylic acids is 1. The normalized spacial score (nSPS) is 12.9. The number of methoxy groups -OCH3 is 1. The molecule has 0 aliphatic rings. The van der Waals surface area contributed by atoms with Gasteiger partial charge in [-0.3, -0.25) is 9.79 Å². The van der Waals surface area contributed by atoms with Crippen LogP contribution in [0.5, 0.6) is 5.75 Å². The van der Waals surface area contributed by atoms with Gasteiger partial charge in [0.25, 0.3) is 0 Å². The first-order valence-corrected chi connectivity index (χ1v) is 6.19. The van der Waals surface area contributed by atoms with Crippen LogP contribution in [-0.2, 0) is 9.53 Å². The molecular formula is C14H20N2O3. The molecule has 19 heavy (non-hydrogen) atoms. The third-order valence-corrected chi connectivity index (χ3v) is 2.55. The molecule has 5 nitrogen and oxygen atoms in total. The van der Waals surface area contributed by atoms with Crippen LogP contribution in [-0.4, -0.2) is 38.6 Å². The van der Waals surface area contributed by atoms with Crippen LogP contribution < -0.4 is 10.1 Å². The summed E-state index contributed by atoms with van der Waals surface area (Å²) >= 11 is 0. The Labute approximate surface area is 113 Å². The summed E-state index contributed by atoms with van der Waals surface area (Å²) in [4.78, 5) is 15.0. The molecule has 0 aromatic heterocycles. The number of benzene rings is 1. The molecule has 0 aliphatic heterocycles. The van der Waals surface area contributed by atoms with Gasteiger partial charge in [0.15, 0.2) is 6.79 Å². The number of nitrogens with one attached hydrogen (secondary N) is 1.